The zero-order valence-electron chi connectivity index (χ0n) is 13.2. The van der Waals surface area contributed by atoms with Gasteiger partial charge in [-0.3, -0.25) is 9.59 Å². The molecule has 0 aromatic heterocycles. The topological polar surface area (TPSA) is 89.9 Å². The predicted molar refractivity (Wildman–Crippen MR) is 83.7 cm³/mol. The van der Waals surface area contributed by atoms with Gasteiger partial charge >= 0.3 is 12.0 Å². The second-order valence-corrected chi connectivity index (χ2v) is 5.60. The molecule has 1 fully saturated rings. The molecule has 3 amide bonds. The van der Waals surface area contributed by atoms with Crippen LogP contribution in [0.3, 0.4) is 0 Å². The molecule has 8 heteroatoms. The number of halogens is 1. The second kappa shape index (κ2) is 8.28. The summed E-state index contributed by atoms with van der Waals surface area (Å²) in [4.78, 5) is 37.5. The van der Waals surface area contributed by atoms with Gasteiger partial charge in [0.1, 0.15) is 12.4 Å². The third-order valence-corrected chi connectivity index (χ3v) is 3.71. The van der Waals surface area contributed by atoms with Gasteiger partial charge in [-0.05, 0) is 24.1 Å². The van der Waals surface area contributed by atoms with Gasteiger partial charge in [-0.2, -0.15) is 0 Å². The van der Waals surface area contributed by atoms with E-state index in [0.29, 0.717) is 31.6 Å². The van der Waals surface area contributed by atoms with Crippen molar-refractivity contribution in [3.8, 4) is 0 Å². The lowest BCUT2D eigenvalue weighted by Crippen LogP contribution is -2.54. The van der Waals surface area contributed by atoms with Crippen molar-refractivity contribution in [1.29, 1.82) is 0 Å². The third kappa shape index (κ3) is 5.22. The number of urea groups is 1. The number of carbonyl (C=O) groups is 3. The Morgan fingerprint density at radius 1 is 1.29 bits per heavy atom. The van der Waals surface area contributed by atoms with Gasteiger partial charge in [-0.25, -0.2) is 9.18 Å². The maximum atomic E-state index is 13.2. The maximum absolute atomic E-state index is 13.2. The van der Waals surface area contributed by atoms with E-state index in [9.17, 15) is 18.8 Å². The molecule has 1 saturated heterocycles. The molecule has 0 radical (unpaired) electrons. The first-order chi connectivity index (χ1) is 11.5. The van der Waals surface area contributed by atoms with Crippen LogP contribution >= 0.6 is 0 Å². The van der Waals surface area contributed by atoms with Gasteiger partial charge < -0.3 is 20.2 Å². The van der Waals surface area contributed by atoms with E-state index in [2.05, 4.69) is 5.32 Å². The number of hydrogen-bond donors (Lipinski definition) is 2. The number of piperazine rings is 1. The molecule has 1 aromatic carbocycles. The van der Waals surface area contributed by atoms with Crippen LogP contribution < -0.4 is 5.32 Å². The van der Waals surface area contributed by atoms with Crippen LogP contribution in [0.2, 0.25) is 0 Å². The molecular formula is C16H20FN3O4. The average molecular weight is 337 g/mol. The fraction of sp³-hybridized carbons (Fsp3) is 0.438. The summed E-state index contributed by atoms with van der Waals surface area (Å²) >= 11 is 0. The number of nitrogens with zero attached hydrogens (tertiary/aromatic N) is 2. The van der Waals surface area contributed by atoms with Crippen molar-refractivity contribution in [2.24, 2.45) is 0 Å². The first-order valence-corrected chi connectivity index (χ1v) is 7.72. The van der Waals surface area contributed by atoms with Gasteiger partial charge in [-0.15, -0.1) is 0 Å². The van der Waals surface area contributed by atoms with E-state index in [1.54, 1.807) is 17.0 Å². The van der Waals surface area contributed by atoms with Crippen molar-refractivity contribution in [3.63, 3.8) is 0 Å². The van der Waals surface area contributed by atoms with Crippen LogP contribution in [0.5, 0.6) is 0 Å². The minimum atomic E-state index is -0.912. The molecule has 0 aliphatic carbocycles. The molecule has 24 heavy (non-hydrogen) atoms. The highest BCUT2D eigenvalue weighted by molar-refractivity contribution is 5.85. The highest BCUT2D eigenvalue weighted by Crippen LogP contribution is 2.11. The molecule has 130 valence electrons. The summed E-state index contributed by atoms with van der Waals surface area (Å²) in [5.74, 6) is -1.46. The van der Waals surface area contributed by atoms with Crippen molar-refractivity contribution >= 4 is 17.9 Å². The van der Waals surface area contributed by atoms with Gasteiger partial charge in [0.2, 0.25) is 5.91 Å². The maximum Gasteiger partial charge on any atom is 0.317 e. The lowest BCUT2D eigenvalue weighted by molar-refractivity contribution is -0.137. The average Bonchev–Trinajstić information content (AvgIpc) is 2.53. The van der Waals surface area contributed by atoms with Crippen LogP contribution in [0.1, 0.15) is 18.4 Å². The van der Waals surface area contributed by atoms with Crippen molar-refractivity contribution in [2.45, 2.75) is 19.4 Å². The Hall–Kier alpha value is -2.64. The Bertz CT molecular complexity index is 623. The van der Waals surface area contributed by atoms with Gasteiger partial charge in [0.05, 0.1) is 0 Å². The van der Waals surface area contributed by atoms with Crippen LogP contribution in [0.25, 0.3) is 0 Å². The van der Waals surface area contributed by atoms with E-state index in [1.165, 1.54) is 17.0 Å². The lowest BCUT2D eigenvalue weighted by Gasteiger charge is -2.34. The Labute approximate surface area is 139 Å². The van der Waals surface area contributed by atoms with E-state index in [1.807, 2.05) is 0 Å². The normalized spacial score (nSPS) is 14.6. The zero-order valence-corrected chi connectivity index (χ0v) is 13.2. The number of rotatable bonds is 6. The van der Waals surface area contributed by atoms with Crippen LogP contribution in [0.15, 0.2) is 24.3 Å². The van der Waals surface area contributed by atoms with Gasteiger partial charge in [0, 0.05) is 32.6 Å². The molecule has 0 spiro atoms. The number of benzene rings is 1. The van der Waals surface area contributed by atoms with Crippen LogP contribution in [0, 0.1) is 5.82 Å². The van der Waals surface area contributed by atoms with Crippen molar-refractivity contribution < 1.29 is 23.9 Å². The van der Waals surface area contributed by atoms with Crippen LogP contribution in [-0.4, -0.2) is 59.0 Å². The minimum absolute atomic E-state index is 0.0133. The fourth-order valence-corrected chi connectivity index (χ4v) is 2.45. The van der Waals surface area contributed by atoms with E-state index in [0.717, 1.165) is 0 Å². The number of carbonyl (C=O) groups excluding carboxylic acids is 2. The number of hydrogen-bond acceptors (Lipinski definition) is 3. The fourth-order valence-electron chi connectivity index (χ4n) is 2.45. The molecule has 0 atom stereocenters. The Morgan fingerprint density at radius 2 is 2.08 bits per heavy atom. The molecule has 7 nitrogen and oxygen atoms in total. The standard InChI is InChI=1S/C16H20FN3O4/c17-13-4-1-3-12(9-13)10-19-7-8-20(11-14(19)21)16(24)18-6-2-5-15(22)23/h1,3-4,9H,2,5-8,10-11H2,(H,18,24)(H,22,23). The number of carboxylic acid groups (broad SMARTS) is 1. The van der Waals surface area contributed by atoms with E-state index >= 15 is 0 Å². The molecule has 0 saturated carbocycles. The summed E-state index contributed by atoms with van der Waals surface area (Å²) in [7, 11) is 0. The Kier molecular flexibility index (Phi) is 6.11. The highest BCUT2D eigenvalue weighted by Gasteiger charge is 2.26. The monoisotopic (exact) mass is 337 g/mol. The molecular weight excluding hydrogens is 317 g/mol. The smallest absolute Gasteiger partial charge is 0.317 e. The van der Waals surface area contributed by atoms with Crippen molar-refractivity contribution in [3.05, 3.63) is 35.6 Å². The van der Waals surface area contributed by atoms with Crippen LogP contribution in [0.4, 0.5) is 9.18 Å². The molecule has 1 aliphatic rings. The summed E-state index contributed by atoms with van der Waals surface area (Å²) in [6, 6.07) is 5.69. The quantitative estimate of drug-likeness (QED) is 0.759. The highest BCUT2D eigenvalue weighted by atomic mass is 19.1. The third-order valence-electron chi connectivity index (χ3n) is 3.71. The van der Waals surface area contributed by atoms with Gasteiger partial charge in [0.15, 0.2) is 0 Å². The SMILES string of the molecule is O=C(O)CCCNC(=O)N1CCN(Cc2cccc(F)c2)C(=O)C1. The number of aliphatic carboxylic acids is 1. The molecule has 1 heterocycles. The second-order valence-electron chi connectivity index (χ2n) is 5.60. The first-order valence-electron chi connectivity index (χ1n) is 7.72. The molecule has 0 bridgehead atoms. The number of carboxylic acids is 1. The molecule has 1 aliphatic heterocycles. The number of nitrogens with one attached hydrogen (secondary N) is 1. The van der Waals surface area contributed by atoms with E-state index in [-0.39, 0.29) is 37.3 Å². The molecule has 2 rings (SSSR count). The first kappa shape index (κ1) is 17.7. The summed E-state index contributed by atoms with van der Waals surface area (Å²) in [5.41, 5.74) is 0.704. The van der Waals surface area contributed by atoms with Gasteiger partial charge in [-0.1, -0.05) is 12.1 Å². The molecule has 0 unspecified atom stereocenters. The lowest BCUT2D eigenvalue weighted by atomic mass is 10.2. The van der Waals surface area contributed by atoms with Crippen molar-refractivity contribution in [2.75, 3.05) is 26.2 Å². The molecule has 1 aromatic rings. The van der Waals surface area contributed by atoms with Gasteiger partial charge in [0.25, 0.3) is 0 Å². The van der Waals surface area contributed by atoms with Crippen molar-refractivity contribution in [1.82, 2.24) is 15.1 Å². The minimum Gasteiger partial charge on any atom is -0.481 e. The Balaban J connectivity index is 1.78. The van der Waals surface area contributed by atoms with E-state index in [4.69, 9.17) is 5.11 Å². The summed E-state index contributed by atoms with van der Waals surface area (Å²) in [6.07, 6.45) is 0.329. The summed E-state index contributed by atoms with van der Waals surface area (Å²) < 4.78 is 13.2. The zero-order chi connectivity index (χ0) is 17.5. The predicted octanol–water partition coefficient (Wildman–Crippen LogP) is 1.04. The largest absolute Gasteiger partial charge is 0.481 e. The van der Waals surface area contributed by atoms with E-state index < -0.39 is 5.97 Å². The summed E-state index contributed by atoms with van der Waals surface area (Å²) in [5, 5.41) is 11.1. The van der Waals surface area contributed by atoms with Crippen LogP contribution in [-0.2, 0) is 16.1 Å². The summed E-state index contributed by atoms with van der Waals surface area (Å²) in [6.45, 7) is 1.28. The Morgan fingerprint density at radius 3 is 2.75 bits per heavy atom. The number of amides is 3. The molecule has 2 N–H and O–H groups in total.